The molecule has 2 aromatic rings. The van der Waals surface area contributed by atoms with Crippen LogP contribution in [0.1, 0.15) is 25.2 Å². The van der Waals surface area contributed by atoms with Gasteiger partial charge in [-0.1, -0.05) is 18.2 Å². The van der Waals surface area contributed by atoms with Crippen LogP contribution in [0.4, 0.5) is 5.69 Å². The van der Waals surface area contributed by atoms with Gasteiger partial charge in [0, 0.05) is 18.8 Å². The summed E-state index contributed by atoms with van der Waals surface area (Å²) in [6.07, 6.45) is 2.57. The van der Waals surface area contributed by atoms with Crippen molar-refractivity contribution in [3.8, 4) is 0 Å². The second kappa shape index (κ2) is 8.02. The Kier molecular flexibility index (Phi) is 6.28. The number of rotatable bonds is 4. The number of halogens is 1. The lowest BCUT2D eigenvalue weighted by molar-refractivity contribution is 0.0437. The Labute approximate surface area is 159 Å². The molecule has 0 saturated heterocycles. The molecule has 3 rings (SSSR count). The van der Waals surface area contributed by atoms with Crippen LogP contribution in [0.25, 0.3) is 0 Å². The van der Waals surface area contributed by atoms with Crippen molar-refractivity contribution < 1.29 is 9.52 Å². The molecule has 130 valence electrons. The van der Waals surface area contributed by atoms with Gasteiger partial charge in [-0.3, -0.25) is 0 Å². The molecule has 0 aliphatic carbocycles. The number of aliphatic imine (C=N–C) groups is 1. The van der Waals surface area contributed by atoms with Crippen LogP contribution in [0.15, 0.2) is 52.1 Å². The fourth-order valence-electron chi connectivity index (χ4n) is 2.84. The second-order valence-electron chi connectivity index (χ2n) is 5.95. The van der Waals surface area contributed by atoms with Crippen molar-refractivity contribution in [1.29, 1.82) is 0 Å². The van der Waals surface area contributed by atoms with Crippen molar-refractivity contribution in [2.24, 2.45) is 4.99 Å². The number of fused-ring (bicyclic) bond motifs is 1. The maximum atomic E-state index is 10.6. The Morgan fingerprint density at radius 2 is 2.12 bits per heavy atom. The number of furan rings is 1. The molecule has 6 heteroatoms. The number of hydrogen-bond donors (Lipinski definition) is 2. The van der Waals surface area contributed by atoms with Crippen LogP contribution in [0.2, 0.25) is 0 Å². The molecule has 1 aromatic carbocycles. The van der Waals surface area contributed by atoms with Gasteiger partial charge < -0.3 is 19.7 Å². The highest BCUT2D eigenvalue weighted by Gasteiger charge is 2.28. The molecule has 1 aliphatic heterocycles. The highest BCUT2D eigenvalue weighted by Crippen LogP contribution is 2.28. The average Bonchev–Trinajstić information content (AvgIpc) is 3.21. The number of benzene rings is 1. The fourth-order valence-corrected chi connectivity index (χ4v) is 2.84. The van der Waals surface area contributed by atoms with Crippen LogP contribution in [-0.2, 0) is 12.0 Å². The van der Waals surface area contributed by atoms with E-state index >= 15 is 0 Å². The number of guanidine groups is 1. The standard InChI is InChI=1S/C18H23N3O2.HI/c1-3-19-17(20-13-18(2,22)16-9-6-12-23-16)21-11-10-14-7-4-5-8-15(14)21;/h4-9,12,22H,3,10-11,13H2,1-2H3,(H,19,20);1H. The number of hydrogen-bond acceptors (Lipinski definition) is 3. The fraction of sp³-hybridized carbons (Fsp3) is 0.389. The monoisotopic (exact) mass is 441 g/mol. The summed E-state index contributed by atoms with van der Waals surface area (Å²) in [5, 5.41) is 13.9. The molecule has 24 heavy (non-hydrogen) atoms. The van der Waals surface area contributed by atoms with Crippen LogP contribution in [0.5, 0.6) is 0 Å². The molecule has 1 aromatic heterocycles. The van der Waals surface area contributed by atoms with Gasteiger partial charge in [-0.25, -0.2) is 4.99 Å². The summed E-state index contributed by atoms with van der Waals surface area (Å²) in [5.41, 5.74) is 1.39. The first-order valence-electron chi connectivity index (χ1n) is 8.02. The molecular formula is C18H24IN3O2. The Hall–Kier alpha value is -1.54. The Morgan fingerprint density at radius 1 is 1.33 bits per heavy atom. The van der Waals surface area contributed by atoms with Crippen LogP contribution < -0.4 is 10.2 Å². The van der Waals surface area contributed by atoms with Crippen molar-refractivity contribution >= 4 is 35.6 Å². The summed E-state index contributed by atoms with van der Waals surface area (Å²) in [6, 6.07) is 11.9. The second-order valence-corrected chi connectivity index (χ2v) is 5.95. The van der Waals surface area contributed by atoms with E-state index in [4.69, 9.17) is 4.42 Å². The van der Waals surface area contributed by atoms with Crippen LogP contribution in [0.3, 0.4) is 0 Å². The zero-order valence-corrected chi connectivity index (χ0v) is 16.4. The van der Waals surface area contributed by atoms with Gasteiger partial charge in [-0.15, -0.1) is 24.0 Å². The smallest absolute Gasteiger partial charge is 0.198 e. The molecule has 0 bridgehead atoms. The minimum atomic E-state index is -1.12. The van der Waals surface area contributed by atoms with Crippen molar-refractivity contribution in [3.05, 3.63) is 54.0 Å². The summed E-state index contributed by atoms with van der Waals surface area (Å²) in [7, 11) is 0. The van der Waals surface area contributed by atoms with Crippen molar-refractivity contribution in [2.45, 2.75) is 25.9 Å². The lowest BCUT2D eigenvalue weighted by Crippen LogP contribution is -2.41. The molecule has 0 fully saturated rings. The predicted molar refractivity (Wildman–Crippen MR) is 107 cm³/mol. The Balaban J connectivity index is 0.00000208. The quantitative estimate of drug-likeness (QED) is 0.435. The Morgan fingerprint density at radius 3 is 2.83 bits per heavy atom. The molecule has 2 N–H and O–H groups in total. The highest BCUT2D eigenvalue weighted by atomic mass is 127. The van der Waals surface area contributed by atoms with Crippen molar-refractivity contribution in [3.63, 3.8) is 0 Å². The van der Waals surface area contributed by atoms with Gasteiger partial charge in [0.2, 0.25) is 0 Å². The maximum Gasteiger partial charge on any atom is 0.198 e. The van der Waals surface area contributed by atoms with E-state index in [0.29, 0.717) is 5.76 Å². The lowest BCUT2D eigenvalue weighted by atomic mass is 10.0. The van der Waals surface area contributed by atoms with Crippen LogP contribution in [0, 0.1) is 0 Å². The Bertz CT molecular complexity index is 683. The van der Waals surface area contributed by atoms with Gasteiger partial charge in [0.25, 0.3) is 0 Å². The maximum absolute atomic E-state index is 10.6. The molecule has 0 spiro atoms. The van der Waals surface area contributed by atoms with Gasteiger partial charge in [0.1, 0.15) is 11.4 Å². The molecule has 0 radical (unpaired) electrons. The molecular weight excluding hydrogens is 417 g/mol. The lowest BCUT2D eigenvalue weighted by Gasteiger charge is -2.24. The van der Waals surface area contributed by atoms with E-state index < -0.39 is 5.60 Å². The first kappa shape index (κ1) is 18.8. The number of nitrogens with zero attached hydrogens (tertiary/aromatic N) is 2. The molecule has 0 saturated carbocycles. The molecule has 2 heterocycles. The summed E-state index contributed by atoms with van der Waals surface area (Å²) >= 11 is 0. The van der Waals surface area contributed by atoms with Gasteiger partial charge in [0.05, 0.1) is 12.8 Å². The van der Waals surface area contributed by atoms with E-state index in [1.807, 2.05) is 13.0 Å². The normalized spacial score (nSPS) is 16.3. The van der Waals surface area contributed by atoms with E-state index in [0.717, 1.165) is 25.5 Å². The van der Waals surface area contributed by atoms with E-state index in [1.54, 1.807) is 25.3 Å². The average molecular weight is 441 g/mol. The summed E-state index contributed by atoms with van der Waals surface area (Å²) in [6.45, 7) is 5.68. The predicted octanol–water partition coefficient (Wildman–Crippen LogP) is 3.13. The number of nitrogens with one attached hydrogen (secondary N) is 1. The summed E-state index contributed by atoms with van der Waals surface area (Å²) in [4.78, 5) is 6.82. The minimum Gasteiger partial charge on any atom is -0.466 e. The van der Waals surface area contributed by atoms with E-state index in [-0.39, 0.29) is 30.5 Å². The SMILES string of the molecule is CCNC(=NCC(C)(O)c1ccco1)N1CCc2ccccc21.I. The van der Waals surface area contributed by atoms with E-state index in [2.05, 4.69) is 33.4 Å². The zero-order valence-electron chi connectivity index (χ0n) is 14.0. The van der Waals surface area contributed by atoms with E-state index in [1.165, 1.54) is 11.3 Å². The molecule has 1 aliphatic rings. The van der Waals surface area contributed by atoms with Crippen LogP contribution in [-0.4, -0.2) is 30.7 Å². The van der Waals surface area contributed by atoms with Gasteiger partial charge in [0.15, 0.2) is 5.96 Å². The third-order valence-corrected chi connectivity index (χ3v) is 4.07. The highest BCUT2D eigenvalue weighted by molar-refractivity contribution is 14.0. The van der Waals surface area contributed by atoms with Gasteiger partial charge >= 0.3 is 0 Å². The summed E-state index contributed by atoms with van der Waals surface area (Å²) in [5.74, 6) is 1.32. The van der Waals surface area contributed by atoms with Crippen molar-refractivity contribution in [1.82, 2.24) is 5.32 Å². The van der Waals surface area contributed by atoms with Crippen LogP contribution >= 0.6 is 24.0 Å². The van der Waals surface area contributed by atoms with Gasteiger partial charge in [-0.05, 0) is 44.0 Å². The van der Waals surface area contributed by atoms with Gasteiger partial charge in [-0.2, -0.15) is 0 Å². The largest absolute Gasteiger partial charge is 0.466 e. The third kappa shape index (κ3) is 3.92. The molecule has 1 unspecified atom stereocenters. The minimum absolute atomic E-state index is 0. The first-order chi connectivity index (χ1) is 11.1. The molecule has 5 nitrogen and oxygen atoms in total. The number of aliphatic hydroxyl groups is 1. The number of para-hydroxylation sites is 1. The molecule has 0 amide bonds. The third-order valence-electron chi connectivity index (χ3n) is 4.07. The van der Waals surface area contributed by atoms with E-state index in [9.17, 15) is 5.11 Å². The summed E-state index contributed by atoms with van der Waals surface area (Å²) < 4.78 is 5.32. The number of anilines is 1. The molecule has 1 atom stereocenters. The topological polar surface area (TPSA) is 61.0 Å². The van der Waals surface area contributed by atoms with Crippen molar-refractivity contribution in [2.75, 3.05) is 24.5 Å². The first-order valence-corrected chi connectivity index (χ1v) is 8.02. The zero-order chi connectivity index (χ0) is 16.3.